The molecule has 3 rings (SSSR count). The van der Waals surface area contributed by atoms with Crippen LogP contribution in [0.1, 0.15) is 18.4 Å². The molecule has 2 aromatic rings. The number of rotatable bonds is 2. The van der Waals surface area contributed by atoms with Gasteiger partial charge in [-0.1, -0.05) is 18.2 Å². The highest BCUT2D eigenvalue weighted by molar-refractivity contribution is 5.83. The summed E-state index contributed by atoms with van der Waals surface area (Å²) >= 11 is 0. The van der Waals surface area contributed by atoms with Gasteiger partial charge in [-0.05, 0) is 49.9 Å². The molecule has 0 saturated carbocycles. The van der Waals surface area contributed by atoms with Gasteiger partial charge in [0.2, 0.25) is 0 Å². The van der Waals surface area contributed by atoms with Gasteiger partial charge in [0, 0.05) is 17.1 Å². The van der Waals surface area contributed by atoms with Crippen LogP contribution in [0.5, 0.6) is 0 Å². The van der Waals surface area contributed by atoms with Gasteiger partial charge in [-0.15, -0.1) is 0 Å². The Kier molecular flexibility index (Phi) is 2.66. The molecule has 2 heterocycles. The minimum atomic E-state index is 0.813. The second kappa shape index (κ2) is 4.30. The van der Waals surface area contributed by atoms with Crippen LogP contribution in [0.3, 0.4) is 0 Å². The second-order valence-corrected chi connectivity index (χ2v) is 4.78. The Balaban J connectivity index is 1.83. The molecule has 0 bridgehead atoms. The number of hydrogen-bond acceptors (Lipinski definition) is 1. The van der Waals surface area contributed by atoms with Crippen LogP contribution in [-0.4, -0.2) is 18.1 Å². The van der Waals surface area contributed by atoms with Crippen LogP contribution in [0.4, 0.5) is 0 Å². The summed E-state index contributed by atoms with van der Waals surface area (Å²) in [6.45, 7) is 2.38. The van der Waals surface area contributed by atoms with Crippen LogP contribution < -0.4 is 5.32 Å². The van der Waals surface area contributed by atoms with Gasteiger partial charge in [0.15, 0.2) is 0 Å². The molecule has 2 N–H and O–H groups in total. The normalized spacial score (nSPS) is 21.4. The Labute approximate surface area is 96.1 Å². The lowest BCUT2D eigenvalue weighted by Crippen LogP contribution is -2.30. The summed E-state index contributed by atoms with van der Waals surface area (Å²) in [6.07, 6.45) is 6.08. The highest BCUT2D eigenvalue weighted by Crippen LogP contribution is 2.23. The monoisotopic (exact) mass is 214 g/mol. The first-order chi connectivity index (χ1) is 7.93. The zero-order valence-corrected chi connectivity index (χ0v) is 9.50. The molecule has 2 heteroatoms. The van der Waals surface area contributed by atoms with Gasteiger partial charge in [-0.2, -0.15) is 0 Å². The minimum Gasteiger partial charge on any atom is -0.361 e. The lowest BCUT2D eigenvalue weighted by Gasteiger charge is -2.22. The van der Waals surface area contributed by atoms with E-state index in [-0.39, 0.29) is 0 Å². The average Bonchev–Trinajstić information content (AvgIpc) is 2.74. The zero-order chi connectivity index (χ0) is 10.8. The first-order valence-electron chi connectivity index (χ1n) is 6.19. The molecular weight excluding hydrogens is 196 g/mol. The number of fused-ring (bicyclic) bond motifs is 1. The van der Waals surface area contributed by atoms with E-state index in [1.165, 1.54) is 48.8 Å². The third-order valence-corrected chi connectivity index (χ3v) is 3.58. The van der Waals surface area contributed by atoms with Gasteiger partial charge in [0.05, 0.1) is 0 Å². The van der Waals surface area contributed by atoms with Crippen molar-refractivity contribution in [2.75, 3.05) is 13.1 Å². The van der Waals surface area contributed by atoms with Crippen molar-refractivity contribution in [3.8, 4) is 0 Å². The maximum Gasteiger partial charge on any atom is 0.0456 e. The van der Waals surface area contributed by atoms with Crippen molar-refractivity contribution in [3.05, 3.63) is 36.0 Å². The van der Waals surface area contributed by atoms with Crippen LogP contribution in [-0.2, 0) is 6.42 Å². The smallest absolute Gasteiger partial charge is 0.0456 e. The number of hydrogen-bond donors (Lipinski definition) is 2. The third-order valence-electron chi connectivity index (χ3n) is 3.58. The lowest BCUT2D eigenvalue weighted by atomic mass is 9.92. The minimum absolute atomic E-state index is 0.813. The number of aromatic nitrogens is 1. The van der Waals surface area contributed by atoms with Crippen molar-refractivity contribution in [1.82, 2.24) is 10.3 Å². The molecule has 0 radical (unpaired) electrons. The van der Waals surface area contributed by atoms with Crippen molar-refractivity contribution in [1.29, 1.82) is 0 Å². The summed E-state index contributed by atoms with van der Waals surface area (Å²) < 4.78 is 0. The number of aromatic amines is 1. The van der Waals surface area contributed by atoms with Crippen molar-refractivity contribution < 1.29 is 0 Å². The molecule has 2 nitrogen and oxygen atoms in total. The number of para-hydroxylation sites is 1. The molecule has 0 amide bonds. The SMILES string of the molecule is c1ccc2c(C[C@H]3CCCNC3)c[nH]c2c1. The molecule has 1 aromatic heterocycles. The molecule has 0 spiro atoms. The van der Waals surface area contributed by atoms with Gasteiger partial charge >= 0.3 is 0 Å². The van der Waals surface area contributed by atoms with Gasteiger partial charge in [0.25, 0.3) is 0 Å². The van der Waals surface area contributed by atoms with Gasteiger partial charge in [0.1, 0.15) is 0 Å². The highest BCUT2D eigenvalue weighted by atomic mass is 14.9. The van der Waals surface area contributed by atoms with E-state index in [0.29, 0.717) is 0 Å². The summed E-state index contributed by atoms with van der Waals surface area (Å²) in [6, 6.07) is 8.58. The largest absolute Gasteiger partial charge is 0.361 e. The molecule has 84 valence electrons. The summed E-state index contributed by atoms with van der Waals surface area (Å²) in [7, 11) is 0. The molecule has 1 atom stereocenters. The first-order valence-corrected chi connectivity index (χ1v) is 6.19. The fraction of sp³-hybridized carbons (Fsp3) is 0.429. The Bertz CT molecular complexity index is 466. The molecule has 0 aliphatic carbocycles. The molecule has 1 aliphatic rings. The Hall–Kier alpha value is -1.28. The number of H-pyrrole nitrogens is 1. The maximum absolute atomic E-state index is 3.49. The number of nitrogens with one attached hydrogen (secondary N) is 2. The topological polar surface area (TPSA) is 27.8 Å². The Morgan fingerprint density at radius 1 is 1.25 bits per heavy atom. The standard InChI is InChI=1S/C14H18N2/c1-2-6-14-13(5-1)12(10-16-14)8-11-4-3-7-15-9-11/h1-2,5-6,10-11,15-16H,3-4,7-9H2/t11-/m1/s1. The van der Waals surface area contributed by atoms with Crippen LogP contribution in [0.2, 0.25) is 0 Å². The van der Waals surface area contributed by atoms with Crippen LogP contribution in [0, 0.1) is 5.92 Å². The predicted molar refractivity (Wildman–Crippen MR) is 67.6 cm³/mol. The van der Waals surface area contributed by atoms with Crippen LogP contribution >= 0.6 is 0 Å². The summed E-state index contributed by atoms with van der Waals surface area (Å²) in [5, 5.41) is 4.88. The van der Waals surface area contributed by atoms with Crippen molar-refractivity contribution in [2.45, 2.75) is 19.3 Å². The maximum atomic E-state index is 3.49. The van der Waals surface area contributed by atoms with Crippen LogP contribution in [0.25, 0.3) is 10.9 Å². The van der Waals surface area contributed by atoms with Crippen molar-refractivity contribution in [3.63, 3.8) is 0 Å². The molecule has 1 aliphatic heterocycles. The average molecular weight is 214 g/mol. The third kappa shape index (κ3) is 1.85. The second-order valence-electron chi connectivity index (χ2n) is 4.78. The predicted octanol–water partition coefficient (Wildman–Crippen LogP) is 2.71. The van der Waals surface area contributed by atoms with E-state index in [4.69, 9.17) is 0 Å². The van der Waals surface area contributed by atoms with Crippen LogP contribution in [0.15, 0.2) is 30.5 Å². The van der Waals surface area contributed by atoms with E-state index in [9.17, 15) is 0 Å². The Morgan fingerprint density at radius 3 is 3.06 bits per heavy atom. The lowest BCUT2D eigenvalue weighted by molar-refractivity contribution is 0.377. The van der Waals surface area contributed by atoms with E-state index in [1.54, 1.807) is 0 Å². The van der Waals surface area contributed by atoms with E-state index in [1.807, 2.05) is 0 Å². The molecule has 16 heavy (non-hydrogen) atoms. The number of benzene rings is 1. The first kappa shape index (κ1) is 9.91. The molecule has 0 unspecified atom stereocenters. The van der Waals surface area contributed by atoms with E-state index < -0.39 is 0 Å². The quantitative estimate of drug-likeness (QED) is 0.790. The highest BCUT2D eigenvalue weighted by Gasteiger charge is 2.15. The fourth-order valence-electron chi connectivity index (χ4n) is 2.71. The molecule has 1 aromatic carbocycles. The zero-order valence-electron chi connectivity index (χ0n) is 9.50. The summed E-state index contributed by atoms with van der Waals surface area (Å²) in [5.41, 5.74) is 2.74. The fourth-order valence-corrected chi connectivity index (χ4v) is 2.71. The summed E-state index contributed by atoms with van der Waals surface area (Å²) in [4.78, 5) is 3.36. The van der Waals surface area contributed by atoms with Gasteiger partial charge in [-0.25, -0.2) is 0 Å². The van der Waals surface area contributed by atoms with E-state index >= 15 is 0 Å². The molecular formula is C14H18N2. The molecule has 1 fully saturated rings. The van der Waals surface area contributed by atoms with E-state index in [2.05, 4.69) is 40.8 Å². The summed E-state index contributed by atoms with van der Waals surface area (Å²) in [5.74, 6) is 0.813. The van der Waals surface area contributed by atoms with Crippen molar-refractivity contribution >= 4 is 10.9 Å². The number of piperidine rings is 1. The van der Waals surface area contributed by atoms with E-state index in [0.717, 1.165) is 5.92 Å². The van der Waals surface area contributed by atoms with Crippen molar-refractivity contribution in [2.24, 2.45) is 5.92 Å². The van der Waals surface area contributed by atoms with Gasteiger partial charge < -0.3 is 10.3 Å². The van der Waals surface area contributed by atoms with Gasteiger partial charge in [-0.3, -0.25) is 0 Å². The molecule has 1 saturated heterocycles. The Morgan fingerprint density at radius 2 is 2.19 bits per heavy atom.